The summed E-state index contributed by atoms with van der Waals surface area (Å²) in [4.78, 5) is 3.58. The topological polar surface area (TPSA) is 21.4 Å². The van der Waals surface area contributed by atoms with Crippen LogP contribution in [-0.2, 0) is 7.05 Å². The second-order valence-corrected chi connectivity index (χ2v) is 7.30. The molecule has 0 N–H and O–H groups in total. The predicted octanol–water partition coefficient (Wildman–Crippen LogP) is 6.40. The molecule has 3 nitrogen and oxygen atoms in total. The van der Waals surface area contributed by atoms with Gasteiger partial charge in [-0.15, -0.1) is 0 Å². The van der Waals surface area contributed by atoms with Crippen LogP contribution in [0.5, 0.6) is 0 Å². The highest BCUT2D eigenvalue weighted by Crippen LogP contribution is 2.39. The average molecular weight is 363 g/mol. The highest BCUT2D eigenvalue weighted by Gasteiger charge is 2.23. The lowest BCUT2D eigenvalue weighted by Gasteiger charge is -2.10. The van der Waals surface area contributed by atoms with Crippen molar-refractivity contribution in [2.45, 2.75) is 13.8 Å². The van der Waals surface area contributed by atoms with Crippen LogP contribution in [0.25, 0.3) is 48.9 Å². The van der Waals surface area contributed by atoms with Crippen LogP contribution < -0.4 is 4.57 Å². The predicted molar refractivity (Wildman–Crippen MR) is 114 cm³/mol. The van der Waals surface area contributed by atoms with Gasteiger partial charge in [0.25, 0.3) is 0 Å². The SMILES string of the molecule is [C-]#[N+]c1ccc2oc3c(-c4ccc5ccccc5[n+]4C)c(C)c(C)cc3c2c1. The molecule has 5 rings (SSSR count). The smallest absolute Gasteiger partial charge is 0.216 e. The maximum atomic E-state index is 7.33. The third-order valence-electron chi connectivity index (χ3n) is 5.73. The Morgan fingerprint density at radius 3 is 2.57 bits per heavy atom. The Labute approximate surface area is 163 Å². The molecule has 0 saturated carbocycles. The van der Waals surface area contributed by atoms with E-state index < -0.39 is 0 Å². The van der Waals surface area contributed by atoms with Crippen molar-refractivity contribution in [2.24, 2.45) is 7.05 Å². The Bertz CT molecular complexity index is 1450. The number of benzene rings is 3. The number of aromatic nitrogens is 1. The zero-order valence-corrected chi connectivity index (χ0v) is 16.1. The molecule has 0 radical (unpaired) electrons. The molecule has 3 heteroatoms. The van der Waals surface area contributed by atoms with Gasteiger partial charge in [0.15, 0.2) is 5.69 Å². The number of pyridine rings is 1. The molecule has 0 bridgehead atoms. The lowest BCUT2D eigenvalue weighted by atomic mass is 9.96. The van der Waals surface area contributed by atoms with Gasteiger partial charge >= 0.3 is 0 Å². The zero-order valence-electron chi connectivity index (χ0n) is 16.1. The largest absolute Gasteiger partial charge is 0.455 e. The quantitative estimate of drug-likeness (QED) is 0.249. The van der Waals surface area contributed by atoms with Crippen LogP contribution >= 0.6 is 0 Å². The molecule has 0 aliphatic carbocycles. The molecule has 0 atom stereocenters. The molecule has 3 aromatic carbocycles. The minimum atomic E-state index is 0.631. The van der Waals surface area contributed by atoms with Crippen LogP contribution in [0.2, 0.25) is 0 Å². The molecule has 28 heavy (non-hydrogen) atoms. The van der Waals surface area contributed by atoms with Crippen molar-refractivity contribution in [1.82, 2.24) is 0 Å². The van der Waals surface area contributed by atoms with Crippen LogP contribution in [0.4, 0.5) is 5.69 Å². The van der Waals surface area contributed by atoms with Gasteiger partial charge in [-0.05, 0) is 55.3 Å². The molecule has 0 aliphatic rings. The Kier molecular flexibility index (Phi) is 3.50. The lowest BCUT2D eigenvalue weighted by Crippen LogP contribution is -2.32. The van der Waals surface area contributed by atoms with E-state index in [0.29, 0.717) is 5.69 Å². The van der Waals surface area contributed by atoms with E-state index in [1.165, 1.54) is 22.0 Å². The van der Waals surface area contributed by atoms with E-state index in [0.717, 1.165) is 33.2 Å². The summed E-state index contributed by atoms with van der Waals surface area (Å²) in [5.41, 5.74) is 8.17. The highest BCUT2D eigenvalue weighted by molar-refractivity contribution is 6.11. The number of nitrogens with zero attached hydrogens (tertiary/aromatic N) is 2. The van der Waals surface area contributed by atoms with E-state index in [2.05, 4.69) is 72.8 Å². The van der Waals surface area contributed by atoms with E-state index in [4.69, 9.17) is 11.0 Å². The Morgan fingerprint density at radius 1 is 0.929 bits per heavy atom. The number of hydrogen-bond donors (Lipinski definition) is 0. The number of fused-ring (bicyclic) bond motifs is 4. The van der Waals surface area contributed by atoms with Gasteiger partial charge in [0.2, 0.25) is 11.2 Å². The van der Waals surface area contributed by atoms with Gasteiger partial charge in [-0.2, -0.15) is 4.57 Å². The number of furan rings is 1. The number of rotatable bonds is 1. The van der Waals surface area contributed by atoms with E-state index >= 15 is 0 Å². The van der Waals surface area contributed by atoms with Crippen LogP contribution in [0, 0.1) is 20.4 Å². The van der Waals surface area contributed by atoms with Crippen molar-refractivity contribution >= 4 is 38.5 Å². The first-order chi connectivity index (χ1) is 13.6. The molecule has 0 spiro atoms. The summed E-state index contributed by atoms with van der Waals surface area (Å²) in [6.45, 7) is 11.6. The van der Waals surface area contributed by atoms with E-state index in [9.17, 15) is 0 Å². The van der Waals surface area contributed by atoms with Gasteiger partial charge in [-0.1, -0.05) is 18.2 Å². The number of hydrogen-bond acceptors (Lipinski definition) is 1. The summed E-state index contributed by atoms with van der Waals surface area (Å²) in [5, 5.41) is 3.27. The van der Waals surface area contributed by atoms with Gasteiger partial charge in [0.05, 0.1) is 12.1 Å². The fourth-order valence-corrected chi connectivity index (χ4v) is 4.10. The fraction of sp³-hybridized carbons (Fsp3) is 0.120. The monoisotopic (exact) mass is 363 g/mol. The van der Waals surface area contributed by atoms with Gasteiger partial charge in [-0.3, -0.25) is 0 Å². The molecule has 0 unspecified atom stereocenters. The fourth-order valence-electron chi connectivity index (χ4n) is 4.10. The molecular formula is C25H19N2O+. The van der Waals surface area contributed by atoms with Crippen molar-refractivity contribution in [3.63, 3.8) is 0 Å². The van der Waals surface area contributed by atoms with Crippen LogP contribution in [0.1, 0.15) is 11.1 Å². The summed E-state index contributed by atoms with van der Waals surface area (Å²) < 4.78 is 8.55. The second-order valence-electron chi connectivity index (χ2n) is 7.30. The van der Waals surface area contributed by atoms with Gasteiger partial charge in [0.1, 0.15) is 18.2 Å². The Morgan fingerprint density at radius 2 is 1.75 bits per heavy atom. The molecule has 134 valence electrons. The lowest BCUT2D eigenvalue weighted by molar-refractivity contribution is -0.633. The molecule has 0 fully saturated rings. The first-order valence-corrected chi connectivity index (χ1v) is 9.30. The van der Waals surface area contributed by atoms with Gasteiger partial charge < -0.3 is 4.42 Å². The van der Waals surface area contributed by atoms with Gasteiger partial charge in [-0.25, -0.2) is 4.85 Å². The van der Waals surface area contributed by atoms with Crippen molar-refractivity contribution in [3.8, 4) is 11.3 Å². The minimum absolute atomic E-state index is 0.631. The third kappa shape index (κ3) is 2.25. The zero-order chi connectivity index (χ0) is 19.4. The van der Waals surface area contributed by atoms with Crippen molar-refractivity contribution in [3.05, 3.63) is 83.2 Å². The third-order valence-corrected chi connectivity index (χ3v) is 5.73. The first-order valence-electron chi connectivity index (χ1n) is 9.30. The Hall–Kier alpha value is -3.64. The summed E-state index contributed by atoms with van der Waals surface area (Å²) in [7, 11) is 2.10. The maximum Gasteiger partial charge on any atom is 0.216 e. The summed E-state index contributed by atoms with van der Waals surface area (Å²) in [5.74, 6) is 0. The molecule has 0 saturated heterocycles. The summed E-state index contributed by atoms with van der Waals surface area (Å²) in [6.07, 6.45) is 0. The summed E-state index contributed by atoms with van der Waals surface area (Å²) >= 11 is 0. The second kappa shape index (κ2) is 5.94. The van der Waals surface area contributed by atoms with E-state index in [-0.39, 0.29) is 0 Å². The maximum absolute atomic E-state index is 7.33. The minimum Gasteiger partial charge on any atom is -0.455 e. The van der Waals surface area contributed by atoms with Crippen LogP contribution in [0.3, 0.4) is 0 Å². The number of para-hydroxylation sites is 1. The molecule has 0 amide bonds. The molecular weight excluding hydrogens is 344 g/mol. The normalized spacial score (nSPS) is 11.4. The molecule has 2 heterocycles. The van der Waals surface area contributed by atoms with Crippen molar-refractivity contribution in [2.75, 3.05) is 0 Å². The molecule has 2 aromatic heterocycles. The molecule has 0 aliphatic heterocycles. The highest BCUT2D eigenvalue weighted by atomic mass is 16.3. The van der Waals surface area contributed by atoms with Crippen LogP contribution in [0.15, 0.2) is 65.1 Å². The van der Waals surface area contributed by atoms with E-state index in [1.54, 1.807) is 0 Å². The van der Waals surface area contributed by atoms with Crippen molar-refractivity contribution in [1.29, 1.82) is 0 Å². The Balaban J connectivity index is 1.93. The number of aryl methyl sites for hydroxylation is 2. The molecule has 5 aromatic rings. The first kappa shape index (κ1) is 16.5. The van der Waals surface area contributed by atoms with E-state index in [1.807, 2.05) is 18.2 Å². The average Bonchev–Trinajstić information content (AvgIpc) is 3.07. The van der Waals surface area contributed by atoms with Crippen molar-refractivity contribution < 1.29 is 8.98 Å². The standard InChI is InChI=1S/C25H19N2O/c1-15-13-20-19-14-18(26-3)10-12-23(19)28-25(20)24(16(15)2)22-11-9-17-7-5-6-8-21(17)27(22)4/h5-14H,1-2,4H3/q+1. The van der Waals surface area contributed by atoms with Crippen LogP contribution in [-0.4, -0.2) is 0 Å². The van der Waals surface area contributed by atoms with Gasteiger partial charge in [0, 0.05) is 28.3 Å². The summed E-state index contributed by atoms with van der Waals surface area (Å²) in [6, 6.07) is 20.5.